The predicted molar refractivity (Wildman–Crippen MR) is 151 cm³/mol. The number of allylic oxidation sites excluding steroid dienone is 3. The molecule has 7 heteroatoms. The normalized spacial score (nSPS) is 37.8. The summed E-state index contributed by atoms with van der Waals surface area (Å²) >= 11 is 0. The predicted octanol–water partition coefficient (Wildman–Crippen LogP) is 4.95. The van der Waals surface area contributed by atoms with Gasteiger partial charge in [-0.3, -0.25) is 9.59 Å². The average Bonchev–Trinajstić information content (AvgIpc) is 3.41. The van der Waals surface area contributed by atoms with Crippen LogP contribution in [0.15, 0.2) is 53.8 Å². The van der Waals surface area contributed by atoms with Gasteiger partial charge in [0.1, 0.15) is 5.60 Å². The number of para-hydroxylation sites is 1. The minimum absolute atomic E-state index is 0.00261. The van der Waals surface area contributed by atoms with E-state index in [1.54, 1.807) is 7.11 Å². The van der Waals surface area contributed by atoms with Crippen molar-refractivity contribution in [2.75, 3.05) is 13.7 Å². The quantitative estimate of drug-likeness (QED) is 0.536. The largest absolute Gasteiger partial charge is 0.458 e. The molecule has 0 aliphatic heterocycles. The first-order valence-electron chi connectivity index (χ1n) is 14.4. The maximum absolute atomic E-state index is 13.7. The Labute approximate surface area is 236 Å². The van der Waals surface area contributed by atoms with Crippen LogP contribution in [0.25, 0.3) is 11.8 Å². The monoisotopic (exact) mass is 544 g/mol. The van der Waals surface area contributed by atoms with Crippen LogP contribution in [0.5, 0.6) is 0 Å². The van der Waals surface area contributed by atoms with Gasteiger partial charge in [0, 0.05) is 30.8 Å². The topological polar surface area (TPSA) is 90.7 Å². The van der Waals surface area contributed by atoms with Crippen LogP contribution in [-0.2, 0) is 25.5 Å². The number of esters is 1. The molecule has 2 saturated carbocycles. The third kappa shape index (κ3) is 3.53. The van der Waals surface area contributed by atoms with Crippen LogP contribution in [0.4, 0.5) is 0 Å². The molecule has 0 saturated heterocycles. The van der Waals surface area contributed by atoms with Gasteiger partial charge in [0.2, 0.25) is 5.78 Å². The molecule has 4 aliphatic carbocycles. The zero-order chi connectivity index (χ0) is 28.6. The molecule has 7 nitrogen and oxygen atoms in total. The number of ether oxygens (including phenoxy) is 2. The van der Waals surface area contributed by atoms with E-state index >= 15 is 0 Å². The lowest BCUT2D eigenvalue weighted by Gasteiger charge is -2.60. The molecule has 1 aromatic carbocycles. The van der Waals surface area contributed by atoms with Crippen molar-refractivity contribution in [1.29, 1.82) is 0 Å². The van der Waals surface area contributed by atoms with E-state index in [1.807, 2.05) is 29.1 Å². The molecule has 212 valence electrons. The number of methoxy groups -OCH3 is 1. The fourth-order valence-corrected chi connectivity index (χ4v) is 9.57. The number of benzene rings is 1. The van der Waals surface area contributed by atoms with Crippen molar-refractivity contribution in [3.05, 3.63) is 65.0 Å². The zero-order valence-electron chi connectivity index (χ0n) is 24.3. The molecule has 1 aromatic heterocycles. The molecule has 2 fully saturated rings. The van der Waals surface area contributed by atoms with Crippen molar-refractivity contribution >= 4 is 17.8 Å². The second-order valence-corrected chi connectivity index (χ2v) is 13.0. The van der Waals surface area contributed by atoms with Crippen LogP contribution in [0.1, 0.15) is 58.7 Å². The lowest BCUT2D eigenvalue weighted by Crippen LogP contribution is -2.63. The van der Waals surface area contributed by atoms with Crippen molar-refractivity contribution in [2.24, 2.45) is 34.5 Å². The Morgan fingerprint density at radius 1 is 1.20 bits per heavy atom. The number of carbonyl (C=O) groups is 2. The van der Waals surface area contributed by atoms with Gasteiger partial charge >= 0.3 is 5.97 Å². The lowest BCUT2D eigenvalue weighted by atomic mass is 9.46. The number of nitrogens with zero attached hydrogens (tertiary/aromatic N) is 2. The van der Waals surface area contributed by atoms with E-state index in [4.69, 9.17) is 14.6 Å². The molecular weight excluding hydrogens is 504 g/mol. The van der Waals surface area contributed by atoms with Gasteiger partial charge in [-0.2, -0.15) is 5.10 Å². The van der Waals surface area contributed by atoms with Gasteiger partial charge in [0.15, 0.2) is 6.61 Å². The lowest BCUT2D eigenvalue weighted by molar-refractivity contribution is -0.190. The van der Waals surface area contributed by atoms with Gasteiger partial charge in [-0.25, -0.2) is 4.68 Å². The van der Waals surface area contributed by atoms with Crippen molar-refractivity contribution in [3.63, 3.8) is 0 Å². The van der Waals surface area contributed by atoms with Gasteiger partial charge in [-0.1, -0.05) is 50.6 Å². The summed E-state index contributed by atoms with van der Waals surface area (Å²) in [5.74, 6) is -0.561. The molecule has 0 spiro atoms. The molecule has 6 rings (SSSR count). The molecule has 1 heterocycles. The Bertz CT molecular complexity index is 1430. The first-order valence-corrected chi connectivity index (χ1v) is 14.4. The molecule has 4 aliphatic rings. The van der Waals surface area contributed by atoms with Crippen molar-refractivity contribution < 1.29 is 24.2 Å². The van der Waals surface area contributed by atoms with Crippen LogP contribution in [-0.4, -0.2) is 52.1 Å². The maximum Gasteiger partial charge on any atom is 0.303 e. The molecule has 8 atom stereocenters. The third-order valence-corrected chi connectivity index (χ3v) is 11.0. The molecule has 2 aromatic rings. The van der Waals surface area contributed by atoms with E-state index in [9.17, 15) is 14.7 Å². The molecule has 40 heavy (non-hydrogen) atoms. The number of aromatic nitrogens is 2. The van der Waals surface area contributed by atoms with E-state index in [1.165, 1.54) is 23.6 Å². The fraction of sp³-hybridized carbons (Fsp3) is 0.545. The maximum atomic E-state index is 13.7. The smallest absolute Gasteiger partial charge is 0.303 e. The number of Topliss-reactive ketones (excluding diaryl/α,β-unsaturated/α-hetero) is 1. The standard InChI is InChI=1S/C33H40N2O5/c1-19-12-24-26-13-20(2)33(39-6,29(38)18-40-21(3)36)32(26,5)16-28(37)30(24)31(4)15-22-17-34-35(27(22)14-25(19)31)23-10-8-7-9-11-23/h7-12,14,17,20,24,26,28,30,37H,13,15-16,18H2,1-6H3. The Morgan fingerprint density at radius 2 is 1.93 bits per heavy atom. The van der Waals surface area contributed by atoms with E-state index in [0.29, 0.717) is 6.42 Å². The molecule has 8 unspecified atom stereocenters. The number of carbonyl (C=O) groups excluding carboxylic acids is 2. The van der Waals surface area contributed by atoms with Gasteiger partial charge < -0.3 is 14.6 Å². The number of fused-ring (bicyclic) bond motifs is 6. The first kappa shape index (κ1) is 27.2. The summed E-state index contributed by atoms with van der Waals surface area (Å²) in [7, 11) is 1.59. The highest BCUT2D eigenvalue weighted by Crippen LogP contribution is 2.69. The minimum Gasteiger partial charge on any atom is -0.458 e. The Balaban J connectivity index is 1.42. The SMILES string of the molecule is COC1(C(=O)COC(C)=O)C(C)CC2C3C=C(C)C4=Cc5c(cnn5-c5ccccc5)CC4(C)C3C(O)CC21C. The Hall–Kier alpha value is -3.03. The average molecular weight is 545 g/mol. The van der Waals surface area contributed by atoms with Crippen LogP contribution in [0.3, 0.4) is 0 Å². The summed E-state index contributed by atoms with van der Waals surface area (Å²) in [6.45, 7) is 9.65. The van der Waals surface area contributed by atoms with Crippen molar-refractivity contribution in [1.82, 2.24) is 9.78 Å². The van der Waals surface area contributed by atoms with Gasteiger partial charge in [-0.05, 0) is 73.3 Å². The summed E-state index contributed by atoms with van der Waals surface area (Å²) in [6.07, 6.45) is 8.03. The number of ketones is 1. The number of aliphatic hydroxyl groups excluding tert-OH is 1. The third-order valence-electron chi connectivity index (χ3n) is 11.0. The summed E-state index contributed by atoms with van der Waals surface area (Å²) < 4.78 is 13.3. The Kier molecular flexibility index (Phi) is 6.28. The second kappa shape index (κ2) is 9.25. The van der Waals surface area contributed by atoms with E-state index in [2.05, 4.69) is 52.0 Å². The number of hydrogen-bond acceptors (Lipinski definition) is 6. The van der Waals surface area contributed by atoms with E-state index in [0.717, 1.165) is 24.2 Å². The first-order chi connectivity index (χ1) is 19.0. The van der Waals surface area contributed by atoms with Gasteiger partial charge in [0.25, 0.3) is 0 Å². The molecule has 1 N–H and O–H groups in total. The number of rotatable bonds is 5. The van der Waals surface area contributed by atoms with Crippen LogP contribution < -0.4 is 0 Å². The molecule has 0 bridgehead atoms. The van der Waals surface area contributed by atoms with Crippen LogP contribution >= 0.6 is 0 Å². The summed E-state index contributed by atoms with van der Waals surface area (Å²) in [6, 6.07) is 10.2. The second-order valence-electron chi connectivity index (χ2n) is 13.0. The Morgan fingerprint density at radius 3 is 2.60 bits per heavy atom. The highest BCUT2D eigenvalue weighted by molar-refractivity contribution is 5.91. The van der Waals surface area contributed by atoms with Gasteiger partial charge in [0.05, 0.1) is 23.7 Å². The molecule has 0 amide bonds. The molecule has 0 radical (unpaired) electrons. The number of hydrogen-bond donors (Lipinski definition) is 1. The highest BCUT2D eigenvalue weighted by Gasteiger charge is 2.71. The fourth-order valence-electron chi connectivity index (χ4n) is 9.57. The molecular formula is C33H40N2O5. The van der Waals surface area contributed by atoms with Crippen LogP contribution in [0, 0.1) is 34.5 Å². The zero-order valence-corrected chi connectivity index (χ0v) is 24.3. The van der Waals surface area contributed by atoms with Crippen molar-refractivity contribution in [3.8, 4) is 5.69 Å². The minimum atomic E-state index is -1.13. The summed E-state index contributed by atoms with van der Waals surface area (Å²) in [5.41, 5.74) is 3.79. The van der Waals surface area contributed by atoms with E-state index in [-0.39, 0.29) is 41.5 Å². The number of aliphatic hydroxyl groups is 1. The van der Waals surface area contributed by atoms with Crippen molar-refractivity contribution in [2.45, 2.75) is 65.6 Å². The highest BCUT2D eigenvalue weighted by atomic mass is 16.5. The van der Waals surface area contributed by atoms with Gasteiger partial charge in [-0.15, -0.1) is 0 Å². The summed E-state index contributed by atoms with van der Waals surface area (Å²) in [5, 5.41) is 16.8. The van der Waals surface area contributed by atoms with E-state index < -0.39 is 23.1 Å². The van der Waals surface area contributed by atoms with Crippen LogP contribution in [0.2, 0.25) is 0 Å². The summed E-state index contributed by atoms with van der Waals surface area (Å²) in [4.78, 5) is 25.3.